The van der Waals surface area contributed by atoms with Gasteiger partial charge in [0.05, 0.1) is 12.5 Å². The molecule has 0 spiro atoms. The maximum Gasteiger partial charge on any atom is 0.196 e. The summed E-state index contributed by atoms with van der Waals surface area (Å²) in [6, 6.07) is 1.83. The van der Waals surface area contributed by atoms with Gasteiger partial charge in [-0.2, -0.15) is 0 Å². The predicted octanol–water partition coefficient (Wildman–Crippen LogP) is 3.08. The molecule has 3 heterocycles. The first-order valence-electron chi connectivity index (χ1n) is 7.13. The molecule has 1 aliphatic rings. The van der Waals surface area contributed by atoms with Gasteiger partial charge in [0.25, 0.3) is 0 Å². The van der Waals surface area contributed by atoms with E-state index in [1.54, 1.807) is 6.20 Å². The molecule has 6 nitrogen and oxygen atoms in total. The van der Waals surface area contributed by atoms with E-state index in [0.29, 0.717) is 23.2 Å². The summed E-state index contributed by atoms with van der Waals surface area (Å²) in [4.78, 5) is 24.8. The van der Waals surface area contributed by atoms with Crippen LogP contribution in [0.4, 0.5) is 11.5 Å². The Bertz CT molecular complexity index is 749. The summed E-state index contributed by atoms with van der Waals surface area (Å²) in [6.45, 7) is 7.38. The summed E-state index contributed by atoms with van der Waals surface area (Å²) < 4.78 is 0. The molecule has 2 aromatic heterocycles. The van der Waals surface area contributed by atoms with Gasteiger partial charge < -0.3 is 4.90 Å². The highest BCUT2D eigenvalue weighted by Gasteiger charge is 2.30. The quantitative estimate of drug-likeness (QED) is 0.630. The maximum absolute atomic E-state index is 10.7. The number of aromatic amines is 1. The molecule has 0 radical (unpaired) electrons. The molecule has 3 rings (SSSR count). The summed E-state index contributed by atoms with van der Waals surface area (Å²) in [5.41, 5.74) is 3.47. The fourth-order valence-corrected chi connectivity index (χ4v) is 3.13. The van der Waals surface area contributed by atoms with E-state index < -0.39 is 0 Å². The normalized spacial score (nSPS) is 17.3. The van der Waals surface area contributed by atoms with Crippen LogP contribution in [0.1, 0.15) is 35.5 Å². The molecule has 0 amide bonds. The zero-order valence-electron chi connectivity index (χ0n) is 12.7. The van der Waals surface area contributed by atoms with Crippen LogP contribution in [0.25, 0.3) is 0 Å². The van der Waals surface area contributed by atoms with E-state index in [2.05, 4.69) is 32.0 Å². The highest BCUT2D eigenvalue weighted by atomic mass is 35.5. The Kier molecular flexibility index (Phi) is 3.78. The van der Waals surface area contributed by atoms with E-state index in [1.807, 2.05) is 19.9 Å². The minimum absolute atomic E-state index is 0.290. The average molecular weight is 319 g/mol. The first kappa shape index (κ1) is 14.8. The van der Waals surface area contributed by atoms with Gasteiger partial charge in [-0.25, -0.2) is 15.0 Å². The number of pyridine rings is 1. The lowest BCUT2D eigenvalue weighted by atomic mass is 9.96. The van der Waals surface area contributed by atoms with E-state index in [9.17, 15) is 4.91 Å². The molecule has 0 saturated heterocycles. The molecule has 0 aromatic carbocycles. The van der Waals surface area contributed by atoms with Crippen molar-refractivity contribution in [1.29, 1.82) is 0 Å². The van der Waals surface area contributed by atoms with Crippen molar-refractivity contribution in [2.75, 3.05) is 11.4 Å². The van der Waals surface area contributed by atoms with Crippen LogP contribution in [-0.4, -0.2) is 16.5 Å². The zero-order chi connectivity index (χ0) is 15.9. The first-order chi connectivity index (χ1) is 10.5. The highest BCUT2D eigenvalue weighted by Crippen LogP contribution is 2.32. The van der Waals surface area contributed by atoms with Gasteiger partial charge in [0.1, 0.15) is 16.8 Å². The predicted molar refractivity (Wildman–Crippen MR) is 84.4 cm³/mol. The molecule has 22 heavy (non-hydrogen) atoms. The van der Waals surface area contributed by atoms with Gasteiger partial charge >= 0.3 is 0 Å². The summed E-state index contributed by atoms with van der Waals surface area (Å²) in [7, 11) is 0. The van der Waals surface area contributed by atoms with Crippen LogP contribution in [0, 0.1) is 18.8 Å². The van der Waals surface area contributed by atoms with E-state index in [1.165, 1.54) is 0 Å². The Morgan fingerprint density at radius 2 is 2.18 bits per heavy atom. The van der Waals surface area contributed by atoms with E-state index in [4.69, 9.17) is 11.6 Å². The van der Waals surface area contributed by atoms with Crippen molar-refractivity contribution in [2.45, 2.75) is 33.2 Å². The highest BCUT2D eigenvalue weighted by molar-refractivity contribution is 6.30. The third-order valence-electron chi connectivity index (χ3n) is 3.97. The third-order valence-corrected chi connectivity index (χ3v) is 4.34. The van der Waals surface area contributed by atoms with Crippen LogP contribution in [0.5, 0.6) is 0 Å². The zero-order valence-corrected chi connectivity index (χ0v) is 13.5. The van der Waals surface area contributed by atoms with Gasteiger partial charge in [0.2, 0.25) is 0 Å². The molecule has 0 fully saturated rings. The first-order valence-corrected chi connectivity index (χ1v) is 7.51. The second-order valence-electron chi connectivity index (χ2n) is 5.68. The maximum atomic E-state index is 10.7. The molecule has 1 unspecified atom stereocenters. The SMILES string of the molecule is Cc1nc(Cl)c(C)c(N2Cc3cc(N=O)c[nH+]c3C(C)C2)n1. The number of anilines is 1. The molecular formula is C15H17ClN5O+. The molecule has 2 aromatic rings. The number of halogens is 1. The fourth-order valence-electron chi connectivity index (χ4n) is 2.93. The molecule has 0 aliphatic carbocycles. The van der Waals surface area contributed by atoms with Crippen LogP contribution < -0.4 is 9.88 Å². The van der Waals surface area contributed by atoms with Crippen molar-refractivity contribution in [3.05, 3.63) is 45.0 Å². The van der Waals surface area contributed by atoms with Crippen LogP contribution in [0.3, 0.4) is 0 Å². The van der Waals surface area contributed by atoms with Gasteiger partial charge in [0.15, 0.2) is 17.6 Å². The number of rotatable bonds is 2. The third kappa shape index (κ3) is 2.54. The molecule has 7 heteroatoms. The molecule has 0 saturated carbocycles. The number of hydrogen-bond acceptors (Lipinski definition) is 5. The number of nitrogens with zero attached hydrogens (tertiary/aromatic N) is 4. The Morgan fingerprint density at radius 1 is 1.41 bits per heavy atom. The van der Waals surface area contributed by atoms with E-state index >= 15 is 0 Å². The van der Waals surface area contributed by atoms with Crippen LogP contribution in [0.15, 0.2) is 17.4 Å². The standard InChI is InChI=1S/C15H16ClN5O/c1-8-6-21(15-9(2)14(16)18-10(3)19-15)7-11-4-12(20-22)5-17-13(8)11/h4-5,8H,6-7H2,1-3H3/p+1. The summed E-state index contributed by atoms with van der Waals surface area (Å²) in [5.74, 6) is 1.79. The second kappa shape index (κ2) is 5.61. The Hall–Kier alpha value is -2.08. The number of H-pyrrole nitrogens is 1. The van der Waals surface area contributed by atoms with Crippen molar-refractivity contribution >= 4 is 23.1 Å². The van der Waals surface area contributed by atoms with Gasteiger partial charge in [-0.1, -0.05) is 18.5 Å². The number of nitrogens with one attached hydrogen (secondary N) is 1. The number of aromatic nitrogens is 3. The molecule has 1 aliphatic heterocycles. The van der Waals surface area contributed by atoms with Crippen LogP contribution in [0.2, 0.25) is 5.15 Å². The van der Waals surface area contributed by atoms with E-state index in [0.717, 1.165) is 29.2 Å². The van der Waals surface area contributed by atoms with Crippen molar-refractivity contribution in [1.82, 2.24) is 9.97 Å². The molecule has 114 valence electrons. The largest absolute Gasteiger partial charge is 0.351 e. The fraction of sp³-hybridized carbons (Fsp3) is 0.400. The lowest BCUT2D eigenvalue weighted by Gasteiger charge is -2.32. The number of fused-ring (bicyclic) bond motifs is 1. The molecule has 0 bridgehead atoms. The Labute approximate surface area is 133 Å². The molecular weight excluding hydrogens is 302 g/mol. The van der Waals surface area contributed by atoms with Gasteiger partial charge in [-0.3, -0.25) is 0 Å². The monoisotopic (exact) mass is 318 g/mol. The molecule has 1 N–H and O–H groups in total. The van der Waals surface area contributed by atoms with Crippen molar-refractivity contribution in [2.24, 2.45) is 5.18 Å². The molecule has 1 atom stereocenters. The lowest BCUT2D eigenvalue weighted by Crippen LogP contribution is -2.37. The summed E-state index contributed by atoms with van der Waals surface area (Å²) in [6.07, 6.45) is 1.65. The number of aryl methyl sites for hydroxylation is 1. The van der Waals surface area contributed by atoms with Crippen molar-refractivity contribution < 1.29 is 4.98 Å². The van der Waals surface area contributed by atoms with Gasteiger partial charge in [-0.15, -0.1) is 4.91 Å². The minimum Gasteiger partial charge on any atom is -0.351 e. The number of hydrogen-bond donors (Lipinski definition) is 0. The minimum atomic E-state index is 0.290. The summed E-state index contributed by atoms with van der Waals surface area (Å²) in [5, 5.41) is 3.48. The number of nitroso groups, excluding NO2 is 1. The van der Waals surface area contributed by atoms with Crippen molar-refractivity contribution in [3.63, 3.8) is 0 Å². The Balaban J connectivity index is 2.03. The van der Waals surface area contributed by atoms with Gasteiger partial charge in [-0.05, 0) is 25.1 Å². The average Bonchev–Trinajstić information content (AvgIpc) is 2.50. The lowest BCUT2D eigenvalue weighted by molar-refractivity contribution is -0.393. The topological polar surface area (TPSA) is 72.6 Å². The smallest absolute Gasteiger partial charge is 0.196 e. The Morgan fingerprint density at radius 3 is 2.91 bits per heavy atom. The second-order valence-corrected chi connectivity index (χ2v) is 6.04. The summed E-state index contributed by atoms with van der Waals surface area (Å²) >= 11 is 6.18. The van der Waals surface area contributed by atoms with Crippen LogP contribution in [-0.2, 0) is 6.54 Å². The van der Waals surface area contributed by atoms with Crippen molar-refractivity contribution in [3.8, 4) is 0 Å². The van der Waals surface area contributed by atoms with E-state index in [-0.39, 0.29) is 5.92 Å². The van der Waals surface area contributed by atoms with Gasteiger partial charge in [0, 0.05) is 17.7 Å². The van der Waals surface area contributed by atoms with Crippen LogP contribution >= 0.6 is 11.6 Å².